The van der Waals surface area contributed by atoms with Crippen molar-refractivity contribution in [2.24, 2.45) is 0 Å². The Labute approximate surface area is 116 Å². The quantitative estimate of drug-likeness (QED) is 0.866. The summed E-state index contributed by atoms with van der Waals surface area (Å²) in [6, 6.07) is 9.83. The van der Waals surface area contributed by atoms with Crippen molar-refractivity contribution in [1.82, 2.24) is 10.2 Å². The van der Waals surface area contributed by atoms with Crippen LogP contribution in [0.4, 0.5) is 0 Å². The molecular weight excluding hydrogens is 260 g/mol. The summed E-state index contributed by atoms with van der Waals surface area (Å²) in [4.78, 5) is 14.1. The van der Waals surface area contributed by atoms with Crippen molar-refractivity contribution in [3.8, 4) is 0 Å². The molecule has 0 spiro atoms. The topological polar surface area (TPSA) is 49.4 Å². The van der Waals surface area contributed by atoms with E-state index in [-0.39, 0.29) is 18.1 Å². The van der Waals surface area contributed by atoms with E-state index in [1.807, 2.05) is 37.3 Å². The van der Waals surface area contributed by atoms with E-state index in [1.54, 1.807) is 11.2 Å². The number of hydrogen-bond donors (Lipinski definition) is 1. The van der Waals surface area contributed by atoms with Crippen LogP contribution in [0.1, 0.15) is 12.5 Å². The molecule has 1 aliphatic heterocycles. The Bertz CT molecular complexity index is 464. The Balaban J connectivity index is 1.97. The smallest absolute Gasteiger partial charge is 0.241 e. The largest absolute Gasteiger partial charge is 0.325 e. The van der Waals surface area contributed by atoms with Crippen molar-refractivity contribution in [3.05, 3.63) is 35.9 Å². The lowest BCUT2D eigenvalue weighted by Gasteiger charge is -2.19. The standard InChI is InChI=1S/C14H20N2O2S/c1-11-15-13(10-12-6-4-3-5-7-12)14(17)16(11)8-9-19(2)18/h3-7,11,13,15H,8-10H2,1-2H3. The van der Waals surface area contributed by atoms with E-state index in [4.69, 9.17) is 0 Å². The van der Waals surface area contributed by atoms with Crippen LogP contribution >= 0.6 is 0 Å². The number of rotatable bonds is 5. The van der Waals surface area contributed by atoms with E-state index in [0.29, 0.717) is 18.7 Å². The zero-order valence-corrected chi connectivity index (χ0v) is 12.2. The van der Waals surface area contributed by atoms with Crippen LogP contribution < -0.4 is 5.32 Å². The number of hydrogen-bond acceptors (Lipinski definition) is 3. The van der Waals surface area contributed by atoms with Crippen LogP contribution in [0.15, 0.2) is 30.3 Å². The Morgan fingerprint density at radius 1 is 1.32 bits per heavy atom. The van der Waals surface area contributed by atoms with Crippen molar-refractivity contribution < 1.29 is 9.00 Å². The number of amides is 1. The van der Waals surface area contributed by atoms with Gasteiger partial charge in [-0.3, -0.25) is 14.3 Å². The molecule has 1 amide bonds. The maximum atomic E-state index is 12.3. The maximum absolute atomic E-state index is 12.3. The van der Waals surface area contributed by atoms with E-state index >= 15 is 0 Å². The first kappa shape index (κ1) is 14.2. The highest BCUT2D eigenvalue weighted by atomic mass is 32.2. The lowest BCUT2D eigenvalue weighted by Crippen LogP contribution is -2.37. The molecule has 3 unspecified atom stereocenters. The van der Waals surface area contributed by atoms with Gasteiger partial charge in [0.05, 0.1) is 12.2 Å². The molecule has 1 aromatic carbocycles. The van der Waals surface area contributed by atoms with E-state index in [1.165, 1.54) is 0 Å². The van der Waals surface area contributed by atoms with Crippen LogP contribution in [0.2, 0.25) is 0 Å². The van der Waals surface area contributed by atoms with Crippen LogP contribution in [0, 0.1) is 0 Å². The maximum Gasteiger partial charge on any atom is 0.241 e. The molecule has 4 nitrogen and oxygen atoms in total. The molecule has 1 aromatic rings. The molecule has 0 aromatic heterocycles. The molecular formula is C14H20N2O2S. The van der Waals surface area contributed by atoms with Gasteiger partial charge in [0.2, 0.25) is 5.91 Å². The molecule has 1 N–H and O–H groups in total. The minimum Gasteiger partial charge on any atom is -0.325 e. The highest BCUT2D eigenvalue weighted by Gasteiger charge is 2.35. The summed E-state index contributed by atoms with van der Waals surface area (Å²) < 4.78 is 11.1. The number of carbonyl (C=O) groups is 1. The van der Waals surface area contributed by atoms with Gasteiger partial charge in [-0.2, -0.15) is 0 Å². The third-order valence-corrected chi connectivity index (χ3v) is 4.15. The molecule has 0 bridgehead atoms. The van der Waals surface area contributed by atoms with Gasteiger partial charge in [0.25, 0.3) is 0 Å². The first-order chi connectivity index (χ1) is 9.08. The fraction of sp³-hybridized carbons (Fsp3) is 0.500. The molecule has 104 valence electrons. The first-order valence-corrected chi connectivity index (χ1v) is 8.21. The summed E-state index contributed by atoms with van der Waals surface area (Å²) in [5.41, 5.74) is 1.15. The van der Waals surface area contributed by atoms with Crippen LogP contribution in [0.25, 0.3) is 0 Å². The SMILES string of the molecule is CC1NC(Cc2ccccc2)C(=O)N1CCS(C)=O. The molecule has 1 aliphatic rings. The molecule has 0 saturated carbocycles. The summed E-state index contributed by atoms with van der Waals surface area (Å²) in [5.74, 6) is 0.650. The average molecular weight is 280 g/mol. The van der Waals surface area contributed by atoms with Gasteiger partial charge in [-0.05, 0) is 18.9 Å². The molecule has 19 heavy (non-hydrogen) atoms. The molecule has 0 radical (unpaired) electrons. The summed E-state index contributed by atoms with van der Waals surface area (Å²) >= 11 is 0. The molecule has 3 atom stereocenters. The van der Waals surface area contributed by atoms with Gasteiger partial charge < -0.3 is 4.90 Å². The van der Waals surface area contributed by atoms with Crippen LogP contribution in [0.3, 0.4) is 0 Å². The summed E-state index contributed by atoms with van der Waals surface area (Å²) in [6.07, 6.45) is 2.39. The molecule has 1 heterocycles. The van der Waals surface area contributed by atoms with Gasteiger partial charge in [0.1, 0.15) is 0 Å². The van der Waals surface area contributed by atoms with Crippen molar-refractivity contribution >= 4 is 16.7 Å². The fourth-order valence-electron chi connectivity index (χ4n) is 2.37. The summed E-state index contributed by atoms with van der Waals surface area (Å²) in [6.45, 7) is 2.53. The second-order valence-corrected chi connectivity index (χ2v) is 6.45. The van der Waals surface area contributed by atoms with Gasteiger partial charge in [-0.1, -0.05) is 30.3 Å². The first-order valence-electron chi connectivity index (χ1n) is 6.48. The average Bonchev–Trinajstić information content (AvgIpc) is 2.63. The molecule has 2 rings (SSSR count). The monoisotopic (exact) mass is 280 g/mol. The number of nitrogens with zero attached hydrogens (tertiary/aromatic N) is 1. The van der Waals surface area contributed by atoms with Crippen LogP contribution in [-0.2, 0) is 22.0 Å². The molecule has 1 saturated heterocycles. The van der Waals surface area contributed by atoms with Crippen LogP contribution in [0.5, 0.6) is 0 Å². The van der Waals surface area contributed by atoms with Crippen molar-refractivity contribution in [2.45, 2.75) is 25.6 Å². The van der Waals surface area contributed by atoms with Gasteiger partial charge in [0.15, 0.2) is 0 Å². The molecule has 5 heteroatoms. The Hall–Kier alpha value is -1.20. The van der Waals surface area contributed by atoms with E-state index in [9.17, 15) is 9.00 Å². The Kier molecular flexibility index (Phi) is 4.71. The van der Waals surface area contributed by atoms with E-state index in [2.05, 4.69) is 5.32 Å². The van der Waals surface area contributed by atoms with Crippen molar-refractivity contribution in [1.29, 1.82) is 0 Å². The summed E-state index contributed by atoms with van der Waals surface area (Å²) in [7, 11) is -0.862. The third-order valence-electron chi connectivity index (χ3n) is 3.39. The normalized spacial score (nSPS) is 24.7. The van der Waals surface area contributed by atoms with Gasteiger partial charge in [-0.25, -0.2) is 0 Å². The van der Waals surface area contributed by atoms with Gasteiger partial charge in [-0.15, -0.1) is 0 Å². The number of benzene rings is 1. The van der Waals surface area contributed by atoms with Crippen molar-refractivity contribution in [3.63, 3.8) is 0 Å². The molecule has 1 fully saturated rings. The van der Waals surface area contributed by atoms with Crippen molar-refractivity contribution in [2.75, 3.05) is 18.6 Å². The van der Waals surface area contributed by atoms with E-state index < -0.39 is 10.8 Å². The highest BCUT2D eigenvalue weighted by Crippen LogP contribution is 2.14. The predicted molar refractivity (Wildman–Crippen MR) is 77.2 cm³/mol. The molecule has 0 aliphatic carbocycles. The Morgan fingerprint density at radius 2 is 2.00 bits per heavy atom. The second kappa shape index (κ2) is 6.30. The Morgan fingerprint density at radius 3 is 2.63 bits per heavy atom. The zero-order chi connectivity index (χ0) is 13.8. The lowest BCUT2D eigenvalue weighted by molar-refractivity contribution is -0.129. The van der Waals surface area contributed by atoms with Gasteiger partial charge in [0, 0.05) is 29.4 Å². The second-order valence-electron chi connectivity index (χ2n) is 4.89. The number of nitrogens with one attached hydrogen (secondary N) is 1. The zero-order valence-electron chi connectivity index (χ0n) is 11.3. The van der Waals surface area contributed by atoms with E-state index in [0.717, 1.165) is 5.56 Å². The van der Waals surface area contributed by atoms with Crippen LogP contribution in [-0.4, -0.2) is 45.8 Å². The summed E-state index contributed by atoms with van der Waals surface area (Å²) in [5, 5.41) is 3.30. The fourth-order valence-corrected chi connectivity index (χ4v) is 2.82. The predicted octanol–water partition coefficient (Wildman–Crippen LogP) is 0.754. The minimum absolute atomic E-state index is 0.0183. The minimum atomic E-state index is -0.862. The third kappa shape index (κ3) is 3.64. The highest BCUT2D eigenvalue weighted by molar-refractivity contribution is 7.84. The number of carbonyl (C=O) groups excluding carboxylic acids is 1. The van der Waals surface area contributed by atoms with Gasteiger partial charge >= 0.3 is 0 Å². The lowest BCUT2D eigenvalue weighted by atomic mass is 10.1.